The number of hydrogen-bond donors (Lipinski definition) is 0. The quantitative estimate of drug-likeness (QED) is 0.173. The largest absolute Gasteiger partial charge is 0.455 e. The standard InChI is InChI=1S/C64H38N4O/c1-3-17-39(18-4-1)40-31-33-42(34-32-40)62-65-61(41-19-5-2-6-20-41)66-63(67-62)49-36-38-55(58-48-25-11-16-30-56(48)69-60(49)58)68-54-29-15-10-23-45(54)46-35-37-53-57(59(46)68)47-24-9-14-28-52(47)64(53)50-26-12-7-21-43(50)44-22-8-13-27-51(44)64/h1-38H. The number of nitrogens with zero attached hydrogens (tertiary/aromatic N) is 4. The van der Waals surface area contributed by atoms with E-state index in [4.69, 9.17) is 19.4 Å². The number of hydrogen-bond acceptors (Lipinski definition) is 4. The first kappa shape index (κ1) is 38.0. The minimum Gasteiger partial charge on any atom is -0.455 e. The highest BCUT2D eigenvalue weighted by Crippen LogP contribution is 2.64. The van der Waals surface area contributed by atoms with Crippen LogP contribution in [-0.4, -0.2) is 19.5 Å². The Bertz CT molecular complexity index is 4200. The van der Waals surface area contributed by atoms with Crippen LogP contribution in [0.1, 0.15) is 22.3 Å². The van der Waals surface area contributed by atoms with Gasteiger partial charge in [-0.1, -0.05) is 206 Å². The van der Waals surface area contributed by atoms with E-state index in [2.05, 4.69) is 193 Å². The molecule has 0 amide bonds. The van der Waals surface area contributed by atoms with Crippen LogP contribution in [0.3, 0.4) is 0 Å². The summed E-state index contributed by atoms with van der Waals surface area (Å²) in [5.74, 6) is 1.73. The van der Waals surface area contributed by atoms with Gasteiger partial charge in [0.2, 0.25) is 0 Å². The van der Waals surface area contributed by atoms with Crippen LogP contribution < -0.4 is 0 Å². The van der Waals surface area contributed by atoms with E-state index in [1.54, 1.807) is 0 Å². The van der Waals surface area contributed by atoms with E-state index < -0.39 is 5.41 Å². The van der Waals surface area contributed by atoms with Gasteiger partial charge in [0, 0.05) is 32.8 Å². The van der Waals surface area contributed by atoms with Crippen molar-refractivity contribution in [2.45, 2.75) is 5.41 Å². The summed E-state index contributed by atoms with van der Waals surface area (Å²) in [5, 5.41) is 4.41. The molecule has 13 aromatic rings. The zero-order chi connectivity index (χ0) is 45.2. The van der Waals surface area contributed by atoms with Gasteiger partial charge in [0.15, 0.2) is 17.5 Å². The fourth-order valence-electron chi connectivity index (χ4n) is 11.8. The molecule has 0 saturated carbocycles. The molecule has 1 spiro atoms. The number of furan rings is 1. The van der Waals surface area contributed by atoms with Crippen molar-refractivity contribution in [3.63, 3.8) is 0 Å². The van der Waals surface area contributed by atoms with Gasteiger partial charge >= 0.3 is 0 Å². The van der Waals surface area contributed by atoms with Gasteiger partial charge in [-0.2, -0.15) is 0 Å². The lowest BCUT2D eigenvalue weighted by Gasteiger charge is -2.30. The lowest BCUT2D eigenvalue weighted by atomic mass is 9.70. The molecule has 5 heteroatoms. The molecule has 0 fully saturated rings. The minimum absolute atomic E-state index is 0.481. The Morgan fingerprint density at radius 3 is 1.58 bits per heavy atom. The Morgan fingerprint density at radius 1 is 0.348 bits per heavy atom. The van der Waals surface area contributed by atoms with Crippen LogP contribution in [0.4, 0.5) is 0 Å². The van der Waals surface area contributed by atoms with Crippen LogP contribution in [0.15, 0.2) is 235 Å². The molecule has 3 aromatic heterocycles. The Kier molecular flexibility index (Phi) is 7.93. The zero-order valence-corrected chi connectivity index (χ0v) is 37.1. The van der Waals surface area contributed by atoms with E-state index in [-0.39, 0.29) is 0 Å². The molecule has 0 saturated heterocycles. The molecule has 2 aliphatic rings. The number of benzene rings is 10. The van der Waals surface area contributed by atoms with Crippen LogP contribution in [0, 0.1) is 0 Å². The summed E-state index contributed by atoms with van der Waals surface area (Å²) in [6.07, 6.45) is 0. The predicted molar refractivity (Wildman–Crippen MR) is 279 cm³/mol. The third-order valence-electron chi connectivity index (χ3n) is 14.7. The van der Waals surface area contributed by atoms with Crippen LogP contribution in [0.25, 0.3) is 117 Å². The fourth-order valence-corrected chi connectivity index (χ4v) is 11.8. The first-order chi connectivity index (χ1) is 34.2. The van der Waals surface area contributed by atoms with Gasteiger partial charge in [-0.25, -0.2) is 15.0 Å². The van der Waals surface area contributed by atoms with Crippen LogP contribution in [-0.2, 0) is 5.41 Å². The molecule has 15 rings (SSSR count). The van der Waals surface area contributed by atoms with Gasteiger partial charge in [0.1, 0.15) is 11.2 Å². The number of para-hydroxylation sites is 2. The monoisotopic (exact) mass is 878 g/mol. The summed E-state index contributed by atoms with van der Waals surface area (Å²) in [5.41, 5.74) is 19.6. The Morgan fingerprint density at radius 2 is 0.870 bits per heavy atom. The second kappa shape index (κ2) is 14.4. The molecule has 2 aliphatic carbocycles. The third kappa shape index (κ3) is 5.27. The van der Waals surface area contributed by atoms with Crippen molar-refractivity contribution in [2.75, 3.05) is 0 Å². The molecule has 3 heterocycles. The minimum atomic E-state index is -0.481. The summed E-state index contributed by atoms with van der Waals surface area (Å²) in [6.45, 7) is 0. The molecule has 69 heavy (non-hydrogen) atoms. The maximum Gasteiger partial charge on any atom is 0.167 e. The van der Waals surface area contributed by atoms with E-state index in [0.717, 1.165) is 61.0 Å². The van der Waals surface area contributed by atoms with Gasteiger partial charge in [-0.05, 0) is 74.3 Å². The van der Waals surface area contributed by atoms with Crippen LogP contribution in [0.2, 0.25) is 0 Å². The summed E-state index contributed by atoms with van der Waals surface area (Å²) in [4.78, 5) is 15.6. The van der Waals surface area contributed by atoms with Gasteiger partial charge in [0.25, 0.3) is 0 Å². The highest BCUT2D eigenvalue weighted by Gasteiger charge is 2.52. The molecular formula is C64H38N4O. The molecule has 10 aromatic carbocycles. The molecule has 0 N–H and O–H groups in total. The maximum absolute atomic E-state index is 7.05. The third-order valence-corrected chi connectivity index (χ3v) is 14.7. The molecule has 0 atom stereocenters. The zero-order valence-electron chi connectivity index (χ0n) is 37.1. The van der Waals surface area contributed by atoms with Crippen molar-refractivity contribution in [2.24, 2.45) is 0 Å². The maximum atomic E-state index is 7.05. The molecular weight excluding hydrogens is 841 g/mol. The fraction of sp³-hybridized carbons (Fsp3) is 0.0156. The Balaban J connectivity index is 1.01. The van der Waals surface area contributed by atoms with Crippen molar-refractivity contribution in [1.29, 1.82) is 0 Å². The van der Waals surface area contributed by atoms with E-state index in [1.165, 1.54) is 60.8 Å². The second-order valence-electron chi connectivity index (χ2n) is 18.2. The molecule has 5 nitrogen and oxygen atoms in total. The van der Waals surface area contributed by atoms with Crippen molar-refractivity contribution in [1.82, 2.24) is 19.5 Å². The molecule has 0 bridgehead atoms. The average molecular weight is 879 g/mol. The summed E-state index contributed by atoms with van der Waals surface area (Å²) in [6, 6.07) is 82.5. The molecule has 0 aliphatic heterocycles. The number of aromatic nitrogens is 4. The Labute approximate surface area is 397 Å². The van der Waals surface area contributed by atoms with E-state index >= 15 is 0 Å². The lowest BCUT2D eigenvalue weighted by Crippen LogP contribution is -2.25. The van der Waals surface area contributed by atoms with Gasteiger partial charge in [-0.3, -0.25) is 0 Å². The van der Waals surface area contributed by atoms with Crippen molar-refractivity contribution in [3.8, 4) is 73.2 Å². The summed E-state index contributed by atoms with van der Waals surface area (Å²) in [7, 11) is 0. The number of rotatable bonds is 5. The summed E-state index contributed by atoms with van der Waals surface area (Å²) >= 11 is 0. The topological polar surface area (TPSA) is 56.7 Å². The first-order valence-corrected chi connectivity index (χ1v) is 23.5. The number of fused-ring (bicyclic) bond motifs is 17. The van der Waals surface area contributed by atoms with Gasteiger partial charge < -0.3 is 8.98 Å². The highest BCUT2D eigenvalue weighted by atomic mass is 16.3. The van der Waals surface area contributed by atoms with Crippen LogP contribution >= 0.6 is 0 Å². The second-order valence-corrected chi connectivity index (χ2v) is 18.2. The summed E-state index contributed by atoms with van der Waals surface area (Å²) < 4.78 is 9.55. The van der Waals surface area contributed by atoms with E-state index in [0.29, 0.717) is 17.5 Å². The van der Waals surface area contributed by atoms with E-state index in [9.17, 15) is 0 Å². The van der Waals surface area contributed by atoms with Gasteiger partial charge in [-0.15, -0.1) is 0 Å². The van der Waals surface area contributed by atoms with Crippen LogP contribution in [0.5, 0.6) is 0 Å². The SMILES string of the molecule is c1ccc(-c2ccc(-c3nc(-c4ccccc4)nc(-c4ccc(-n5c6ccccc6c6ccc7c(c65)-c5ccccc5C75c6ccccc6-c6ccccc65)c5c4oc4ccccc45)n3)cc2)cc1. The van der Waals surface area contributed by atoms with E-state index in [1.807, 2.05) is 42.5 Å². The lowest BCUT2D eigenvalue weighted by molar-refractivity contribution is 0.669. The molecule has 320 valence electrons. The van der Waals surface area contributed by atoms with Gasteiger partial charge in [0.05, 0.1) is 33.1 Å². The van der Waals surface area contributed by atoms with Crippen molar-refractivity contribution >= 4 is 43.7 Å². The average Bonchev–Trinajstić information content (AvgIpc) is 4.15. The first-order valence-electron chi connectivity index (χ1n) is 23.5. The normalized spacial score (nSPS) is 13.0. The van der Waals surface area contributed by atoms with Crippen molar-refractivity contribution < 1.29 is 4.42 Å². The molecule has 0 unspecified atom stereocenters. The highest BCUT2D eigenvalue weighted by molar-refractivity contribution is 6.20. The predicted octanol–water partition coefficient (Wildman–Crippen LogP) is 15.9. The van der Waals surface area contributed by atoms with Crippen molar-refractivity contribution in [3.05, 3.63) is 253 Å². The Hall–Kier alpha value is -9.19. The molecule has 0 radical (unpaired) electrons. The smallest absolute Gasteiger partial charge is 0.167 e.